The Morgan fingerprint density at radius 2 is 2.05 bits per heavy atom. The minimum absolute atomic E-state index is 0.00331. The number of anilines is 1. The van der Waals surface area contributed by atoms with Crippen molar-refractivity contribution in [3.63, 3.8) is 0 Å². The predicted octanol–water partition coefficient (Wildman–Crippen LogP) is 0.153. The minimum atomic E-state index is -0.630. The van der Waals surface area contributed by atoms with Gasteiger partial charge in [-0.3, -0.25) is 9.59 Å². The molecule has 22 heavy (non-hydrogen) atoms. The summed E-state index contributed by atoms with van der Waals surface area (Å²) < 4.78 is 7.11. The van der Waals surface area contributed by atoms with E-state index >= 15 is 0 Å². The van der Waals surface area contributed by atoms with Crippen molar-refractivity contribution in [2.75, 3.05) is 25.4 Å². The van der Waals surface area contributed by atoms with Gasteiger partial charge in [0.1, 0.15) is 12.4 Å². The fourth-order valence-electron chi connectivity index (χ4n) is 2.57. The third kappa shape index (κ3) is 3.56. The molecular formula is C14H23N5O3. The van der Waals surface area contributed by atoms with E-state index in [0.29, 0.717) is 18.9 Å². The molecule has 8 nitrogen and oxygen atoms in total. The minimum Gasteiger partial charge on any atom is -0.383 e. The molecule has 0 radical (unpaired) electrons. The topological polar surface area (TPSA) is 116 Å². The SMILES string of the molecule is CC(C)OCC(=O)N1CCC(n2cnc(C(N)=O)c2N)CC1. The van der Waals surface area contributed by atoms with Crippen molar-refractivity contribution in [1.82, 2.24) is 14.5 Å². The van der Waals surface area contributed by atoms with Gasteiger partial charge < -0.3 is 25.7 Å². The first-order chi connectivity index (χ1) is 10.4. The lowest BCUT2D eigenvalue weighted by Crippen LogP contribution is -2.41. The van der Waals surface area contributed by atoms with E-state index in [-0.39, 0.29) is 30.4 Å². The fourth-order valence-corrected chi connectivity index (χ4v) is 2.57. The van der Waals surface area contributed by atoms with Crippen LogP contribution in [0.15, 0.2) is 6.33 Å². The van der Waals surface area contributed by atoms with Gasteiger partial charge in [0.05, 0.1) is 12.4 Å². The van der Waals surface area contributed by atoms with Gasteiger partial charge in [-0.1, -0.05) is 0 Å². The number of carbonyl (C=O) groups is 2. The largest absolute Gasteiger partial charge is 0.383 e. The van der Waals surface area contributed by atoms with Crippen LogP contribution in [0.1, 0.15) is 43.2 Å². The number of amides is 2. The number of nitrogens with two attached hydrogens (primary N) is 2. The number of piperidine rings is 1. The summed E-state index contributed by atoms with van der Waals surface area (Å²) in [5.74, 6) is -0.335. The Bertz CT molecular complexity index is 547. The molecule has 0 spiro atoms. The molecule has 1 fully saturated rings. The lowest BCUT2D eigenvalue weighted by atomic mass is 10.0. The number of nitrogen functional groups attached to an aromatic ring is 1. The molecule has 2 heterocycles. The first-order valence-electron chi connectivity index (χ1n) is 7.41. The summed E-state index contributed by atoms with van der Waals surface area (Å²) in [5.41, 5.74) is 11.2. The van der Waals surface area contributed by atoms with Crippen LogP contribution in [-0.4, -0.2) is 52.1 Å². The van der Waals surface area contributed by atoms with Gasteiger partial charge in [-0.15, -0.1) is 0 Å². The van der Waals surface area contributed by atoms with E-state index in [4.69, 9.17) is 16.2 Å². The average molecular weight is 309 g/mol. The van der Waals surface area contributed by atoms with Gasteiger partial charge in [-0.2, -0.15) is 0 Å². The van der Waals surface area contributed by atoms with E-state index in [9.17, 15) is 9.59 Å². The maximum atomic E-state index is 12.0. The number of nitrogens with zero attached hydrogens (tertiary/aromatic N) is 3. The molecule has 1 aliphatic rings. The summed E-state index contributed by atoms with van der Waals surface area (Å²) in [5, 5.41) is 0. The van der Waals surface area contributed by atoms with Crippen molar-refractivity contribution < 1.29 is 14.3 Å². The first kappa shape index (κ1) is 16.3. The van der Waals surface area contributed by atoms with Crippen molar-refractivity contribution in [2.45, 2.75) is 38.8 Å². The summed E-state index contributed by atoms with van der Waals surface area (Å²) in [4.78, 5) is 28.9. The van der Waals surface area contributed by atoms with Crippen molar-refractivity contribution in [3.8, 4) is 0 Å². The molecule has 8 heteroatoms. The van der Waals surface area contributed by atoms with Crippen molar-refractivity contribution in [3.05, 3.63) is 12.0 Å². The van der Waals surface area contributed by atoms with Crippen LogP contribution in [0.3, 0.4) is 0 Å². The smallest absolute Gasteiger partial charge is 0.271 e. The molecule has 122 valence electrons. The predicted molar refractivity (Wildman–Crippen MR) is 81.1 cm³/mol. The summed E-state index contributed by atoms with van der Waals surface area (Å²) >= 11 is 0. The monoisotopic (exact) mass is 309 g/mol. The second kappa shape index (κ2) is 6.78. The van der Waals surface area contributed by atoms with Crippen LogP contribution in [0, 0.1) is 0 Å². The molecule has 0 atom stereocenters. The molecule has 0 bridgehead atoms. The van der Waals surface area contributed by atoms with Crippen LogP contribution >= 0.6 is 0 Å². The van der Waals surface area contributed by atoms with Crippen LogP contribution in [0.5, 0.6) is 0 Å². The van der Waals surface area contributed by atoms with Gasteiger partial charge in [0.25, 0.3) is 5.91 Å². The number of ether oxygens (including phenoxy) is 1. The highest BCUT2D eigenvalue weighted by Crippen LogP contribution is 2.26. The zero-order valence-corrected chi connectivity index (χ0v) is 13.0. The lowest BCUT2D eigenvalue weighted by molar-refractivity contribution is -0.138. The van der Waals surface area contributed by atoms with E-state index in [1.54, 1.807) is 15.8 Å². The summed E-state index contributed by atoms with van der Waals surface area (Å²) in [6, 6.07) is 0.121. The molecule has 1 aromatic rings. The number of hydrogen-bond acceptors (Lipinski definition) is 5. The number of aromatic nitrogens is 2. The molecule has 0 unspecified atom stereocenters. The van der Waals surface area contributed by atoms with Gasteiger partial charge in [-0.05, 0) is 26.7 Å². The zero-order valence-electron chi connectivity index (χ0n) is 13.0. The highest BCUT2D eigenvalue weighted by Gasteiger charge is 2.26. The van der Waals surface area contributed by atoms with E-state index in [2.05, 4.69) is 4.98 Å². The lowest BCUT2D eigenvalue weighted by Gasteiger charge is -2.33. The number of primary amides is 1. The standard InChI is InChI=1S/C14H23N5O3/c1-9(2)22-7-11(20)18-5-3-10(4-6-18)19-8-17-12(13(19)15)14(16)21/h8-10H,3-7,15H2,1-2H3,(H2,16,21). The van der Waals surface area contributed by atoms with E-state index < -0.39 is 5.91 Å². The van der Waals surface area contributed by atoms with E-state index in [1.807, 2.05) is 13.8 Å². The maximum absolute atomic E-state index is 12.0. The quantitative estimate of drug-likeness (QED) is 0.803. The molecule has 0 saturated carbocycles. The molecule has 0 aliphatic carbocycles. The van der Waals surface area contributed by atoms with Gasteiger partial charge >= 0.3 is 0 Å². The van der Waals surface area contributed by atoms with Crippen molar-refractivity contribution >= 4 is 17.6 Å². The van der Waals surface area contributed by atoms with Gasteiger partial charge in [0.15, 0.2) is 5.69 Å². The highest BCUT2D eigenvalue weighted by molar-refractivity contribution is 5.95. The van der Waals surface area contributed by atoms with Crippen LogP contribution in [-0.2, 0) is 9.53 Å². The molecule has 0 aromatic carbocycles. The highest BCUT2D eigenvalue weighted by atomic mass is 16.5. The second-order valence-corrected chi connectivity index (χ2v) is 5.72. The van der Waals surface area contributed by atoms with Gasteiger partial charge in [0, 0.05) is 19.1 Å². The zero-order chi connectivity index (χ0) is 16.3. The molecule has 2 rings (SSSR count). The maximum Gasteiger partial charge on any atom is 0.271 e. The number of imidazole rings is 1. The van der Waals surface area contributed by atoms with E-state index in [0.717, 1.165) is 12.8 Å². The third-order valence-electron chi connectivity index (χ3n) is 3.82. The summed E-state index contributed by atoms with van der Waals surface area (Å²) in [6.45, 7) is 5.18. The molecule has 1 aromatic heterocycles. The Kier molecular flexibility index (Phi) is 5.02. The Hall–Kier alpha value is -2.09. The molecule has 2 amide bonds. The number of likely N-dealkylation sites (tertiary alicyclic amines) is 1. The number of carbonyl (C=O) groups excluding carboxylic acids is 2. The molecule has 1 saturated heterocycles. The Balaban J connectivity index is 1.92. The summed E-state index contributed by atoms with van der Waals surface area (Å²) in [6.07, 6.45) is 3.09. The van der Waals surface area contributed by atoms with Crippen LogP contribution in [0.25, 0.3) is 0 Å². The second-order valence-electron chi connectivity index (χ2n) is 5.72. The van der Waals surface area contributed by atoms with Crippen LogP contribution in [0.2, 0.25) is 0 Å². The van der Waals surface area contributed by atoms with Gasteiger partial charge in [0.2, 0.25) is 5.91 Å². The van der Waals surface area contributed by atoms with Crippen LogP contribution < -0.4 is 11.5 Å². The Morgan fingerprint density at radius 3 is 2.55 bits per heavy atom. The normalized spacial score (nSPS) is 16.2. The Morgan fingerprint density at radius 1 is 1.41 bits per heavy atom. The Labute approximate surface area is 129 Å². The molecular weight excluding hydrogens is 286 g/mol. The third-order valence-corrected chi connectivity index (χ3v) is 3.82. The molecule has 1 aliphatic heterocycles. The van der Waals surface area contributed by atoms with Crippen molar-refractivity contribution in [2.24, 2.45) is 5.73 Å². The molecule has 4 N–H and O–H groups in total. The van der Waals surface area contributed by atoms with Crippen LogP contribution in [0.4, 0.5) is 5.82 Å². The van der Waals surface area contributed by atoms with E-state index in [1.165, 1.54) is 0 Å². The first-order valence-corrected chi connectivity index (χ1v) is 7.41. The summed E-state index contributed by atoms with van der Waals surface area (Å²) in [7, 11) is 0. The fraction of sp³-hybridized carbons (Fsp3) is 0.643. The van der Waals surface area contributed by atoms with Gasteiger partial charge in [-0.25, -0.2) is 4.98 Å². The average Bonchev–Trinajstić information content (AvgIpc) is 2.86. The van der Waals surface area contributed by atoms with Crippen molar-refractivity contribution in [1.29, 1.82) is 0 Å². The number of hydrogen-bond donors (Lipinski definition) is 2. The number of rotatable bonds is 5.